The van der Waals surface area contributed by atoms with Gasteiger partial charge in [-0.05, 0) is 38.4 Å². The monoisotopic (exact) mass is 247 g/mol. The number of para-hydroxylation sites is 1. The van der Waals surface area contributed by atoms with Gasteiger partial charge in [-0.2, -0.15) is 0 Å². The van der Waals surface area contributed by atoms with Gasteiger partial charge in [0.25, 0.3) is 0 Å². The minimum Gasteiger partial charge on any atom is -0.490 e. The molecule has 3 nitrogen and oxygen atoms in total. The number of rotatable bonds is 1. The third-order valence-corrected chi connectivity index (χ3v) is 4.11. The Morgan fingerprint density at radius 1 is 1.22 bits per heavy atom. The van der Waals surface area contributed by atoms with Crippen molar-refractivity contribution in [2.45, 2.75) is 38.3 Å². The van der Waals surface area contributed by atoms with Crippen molar-refractivity contribution in [1.29, 1.82) is 0 Å². The SMILES string of the molecule is Cc1cccc2c1OCC(O)C2N1CCCCC1. The molecule has 1 fully saturated rings. The number of piperidine rings is 1. The van der Waals surface area contributed by atoms with Gasteiger partial charge in [0.2, 0.25) is 0 Å². The van der Waals surface area contributed by atoms with Gasteiger partial charge in [-0.1, -0.05) is 24.6 Å². The Balaban J connectivity index is 1.96. The van der Waals surface area contributed by atoms with E-state index in [4.69, 9.17) is 4.74 Å². The molecule has 0 bridgehead atoms. The van der Waals surface area contributed by atoms with E-state index in [1.807, 2.05) is 0 Å². The Bertz CT molecular complexity index is 427. The Morgan fingerprint density at radius 3 is 2.78 bits per heavy atom. The quantitative estimate of drug-likeness (QED) is 0.826. The van der Waals surface area contributed by atoms with Crippen molar-refractivity contribution in [2.24, 2.45) is 0 Å². The molecule has 1 saturated heterocycles. The largest absolute Gasteiger partial charge is 0.490 e. The van der Waals surface area contributed by atoms with E-state index in [2.05, 4.69) is 30.0 Å². The van der Waals surface area contributed by atoms with E-state index in [0.717, 1.165) is 24.4 Å². The van der Waals surface area contributed by atoms with E-state index >= 15 is 0 Å². The average Bonchev–Trinajstić information content (AvgIpc) is 2.40. The number of fused-ring (bicyclic) bond motifs is 1. The summed E-state index contributed by atoms with van der Waals surface area (Å²) in [6.45, 7) is 4.67. The molecule has 0 aliphatic carbocycles. The highest BCUT2D eigenvalue weighted by molar-refractivity contribution is 5.44. The van der Waals surface area contributed by atoms with Crippen molar-refractivity contribution in [1.82, 2.24) is 4.90 Å². The van der Waals surface area contributed by atoms with Gasteiger partial charge in [-0.25, -0.2) is 0 Å². The molecule has 1 aromatic carbocycles. The first-order valence-corrected chi connectivity index (χ1v) is 6.92. The van der Waals surface area contributed by atoms with Crippen LogP contribution in [-0.2, 0) is 0 Å². The molecule has 18 heavy (non-hydrogen) atoms. The van der Waals surface area contributed by atoms with Crippen molar-refractivity contribution in [3.05, 3.63) is 29.3 Å². The Kier molecular flexibility index (Phi) is 3.27. The zero-order valence-electron chi connectivity index (χ0n) is 10.9. The molecule has 1 N–H and O–H groups in total. The summed E-state index contributed by atoms with van der Waals surface area (Å²) < 4.78 is 5.71. The number of aliphatic hydroxyl groups is 1. The molecule has 2 heterocycles. The number of hydrogen-bond acceptors (Lipinski definition) is 3. The maximum Gasteiger partial charge on any atom is 0.127 e. The van der Waals surface area contributed by atoms with Crippen LogP contribution in [0.2, 0.25) is 0 Å². The fourth-order valence-corrected chi connectivity index (χ4v) is 3.21. The average molecular weight is 247 g/mol. The van der Waals surface area contributed by atoms with Gasteiger partial charge in [0.15, 0.2) is 0 Å². The molecule has 0 saturated carbocycles. The van der Waals surface area contributed by atoms with Crippen molar-refractivity contribution >= 4 is 0 Å². The zero-order valence-corrected chi connectivity index (χ0v) is 10.9. The fraction of sp³-hybridized carbons (Fsp3) is 0.600. The van der Waals surface area contributed by atoms with Crippen LogP contribution < -0.4 is 4.74 Å². The minimum atomic E-state index is -0.405. The Labute approximate surface area is 108 Å². The molecule has 3 rings (SSSR count). The van der Waals surface area contributed by atoms with Crippen molar-refractivity contribution in [3.8, 4) is 5.75 Å². The molecule has 0 amide bonds. The van der Waals surface area contributed by atoms with Crippen molar-refractivity contribution in [2.75, 3.05) is 19.7 Å². The summed E-state index contributed by atoms with van der Waals surface area (Å²) in [5, 5.41) is 10.3. The molecule has 0 spiro atoms. The zero-order chi connectivity index (χ0) is 12.5. The molecular formula is C15H21NO2. The number of ether oxygens (including phenoxy) is 1. The van der Waals surface area contributed by atoms with Crippen LogP contribution in [0, 0.1) is 6.92 Å². The van der Waals surface area contributed by atoms with E-state index < -0.39 is 6.10 Å². The summed E-state index contributed by atoms with van der Waals surface area (Å²) >= 11 is 0. The number of benzene rings is 1. The van der Waals surface area contributed by atoms with Crippen LogP contribution in [0.5, 0.6) is 5.75 Å². The highest BCUT2D eigenvalue weighted by atomic mass is 16.5. The van der Waals surface area contributed by atoms with Crippen LogP contribution in [0.3, 0.4) is 0 Å². The topological polar surface area (TPSA) is 32.7 Å². The summed E-state index contributed by atoms with van der Waals surface area (Å²) in [4.78, 5) is 2.43. The molecule has 0 aromatic heterocycles. The predicted octanol–water partition coefficient (Wildman–Crippen LogP) is 2.28. The maximum atomic E-state index is 10.3. The molecule has 2 unspecified atom stereocenters. The summed E-state index contributed by atoms with van der Waals surface area (Å²) in [6.07, 6.45) is 3.39. The molecule has 1 aromatic rings. The lowest BCUT2D eigenvalue weighted by Gasteiger charge is -2.40. The first kappa shape index (κ1) is 12.0. The fourth-order valence-electron chi connectivity index (χ4n) is 3.21. The van der Waals surface area contributed by atoms with Gasteiger partial charge >= 0.3 is 0 Å². The highest BCUT2D eigenvalue weighted by Crippen LogP contribution is 2.39. The number of nitrogens with zero attached hydrogens (tertiary/aromatic N) is 1. The lowest BCUT2D eigenvalue weighted by molar-refractivity contribution is -0.00700. The number of aryl methyl sites for hydroxylation is 1. The first-order valence-electron chi connectivity index (χ1n) is 6.92. The van der Waals surface area contributed by atoms with E-state index in [0.29, 0.717) is 6.61 Å². The van der Waals surface area contributed by atoms with Gasteiger partial charge in [0, 0.05) is 5.56 Å². The second-order valence-corrected chi connectivity index (χ2v) is 5.41. The molecule has 2 aliphatic rings. The molecule has 98 valence electrons. The van der Waals surface area contributed by atoms with Crippen LogP contribution in [0.1, 0.15) is 36.4 Å². The molecular weight excluding hydrogens is 226 g/mol. The third-order valence-electron chi connectivity index (χ3n) is 4.11. The molecule has 0 radical (unpaired) electrons. The molecule has 2 atom stereocenters. The van der Waals surface area contributed by atoms with Crippen molar-refractivity contribution < 1.29 is 9.84 Å². The molecule has 2 aliphatic heterocycles. The summed E-state index contributed by atoms with van der Waals surface area (Å²) in [5.74, 6) is 0.985. The van der Waals surface area contributed by atoms with Gasteiger partial charge in [-0.3, -0.25) is 4.90 Å². The first-order chi connectivity index (χ1) is 8.77. The second-order valence-electron chi connectivity index (χ2n) is 5.41. The van der Waals surface area contributed by atoms with Gasteiger partial charge < -0.3 is 9.84 Å². The van der Waals surface area contributed by atoms with E-state index in [1.165, 1.54) is 24.8 Å². The van der Waals surface area contributed by atoms with Gasteiger partial charge in [0.05, 0.1) is 6.04 Å². The number of hydrogen-bond donors (Lipinski definition) is 1. The standard InChI is InChI=1S/C15H21NO2/c1-11-6-5-7-12-14(13(17)10-18-15(11)12)16-8-3-2-4-9-16/h5-7,13-14,17H,2-4,8-10H2,1H3. The maximum absolute atomic E-state index is 10.3. The Morgan fingerprint density at radius 2 is 2.00 bits per heavy atom. The summed E-state index contributed by atoms with van der Waals surface area (Å²) in [6, 6.07) is 6.36. The van der Waals surface area contributed by atoms with Crippen LogP contribution >= 0.6 is 0 Å². The predicted molar refractivity (Wildman–Crippen MR) is 70.8 cm³/mol. The van der Waals surface area contributed by atoms with E-state index in [9.17, 15) is 5.11 Å². The lowest BCUT2D eigenvalue weighted by Crippen LogP contribution is -2.44. The summed E-state index contributed by atoms with van der Waals surface area (Å²) in [5.41, 5.74) is 2.33. The van der Waals surface area contributed by atoms with Gasteiger partial charge in [0.1, 0.15) is 18.5 Å². The van der Waals surface area contributed by atoms with Crippen LogP contribution in [-0.4, -0.2) is 35.8 Å². The smallest absolute Gasteiger partial charge is 0.127 e. The van der Waals surface area contributed by atoms with Gasteiger partial charge in [-0.15, -0.1) is 0 Å². The second kappa shape index (κ2) is 4.90. The normalized spacial score (nSPS) is 28.6. The van der Waals surface area contributed by atoms with E-state index in [-0.39, 0.29) is 6.04 Å². The minimum absolute atomic E-state index is 0.119. The summed E-state index contributed by atoms with van der Waals surface area (Å²) in [7, 11) is 0. The van der Waals surface area contributed by atoms with Crippen LogP contribution in [0.25, 0.3) is 0 Å². The van der Waals surface area contributed by atoms with Crippen LogP contribution in [0.4, 0.5) is 0 Å². The third kappa shape index (κ3) is 2.02. The van der Waals surface area contributed by atoms with Crippen molar-refractivity contribution in [3.63, 3.8) is 0 Å². The molecule has 3 heteroatoms. The number of aliphatic hydroxyl groups excluding tert-OH is 1. The lowest BCUT2D eigenvalue weighted by atomic mass is 9.93. The number of likely N-dealkylation sites (tertiary alicyclic amines) is 1. The Hall–Kier alpha value is -1.06. The van der Waals surface area contributed by atoms with E-state index in [1.54, 1.807) is 0 Å². The van der Waals surface area contributed by atoms with Crippen LogP contribution in [0.15, 0.2) is 18.2 Å². The highest BCUT2D eigenvalue weighted by Gasteiger charge is 2.35.